The molecule has 2 nitrogen and oxygen atoms in total. The summed E-state index contributed by atoms with van der Waals surface area (Å²) in [5.41, 5.74) is 0.0157. The van der Waals surface area contributed by atoms with Crippen LogP contribution in [0.4, 0.5) is 0 Å². The van der Waals surface area contributed by atoms with E-state index < -0.39 is 5.60 Å². The Morgan fingerprint density at radius 2 is 2.13 bits per heavy atom. The number of nitrogens with one attached hydrogen (secondary N) is 1. The minimum absolute atomic E-state index is 0.324. The van der Waals surface area contributed by atoms with Crippen LogP contribution in [0.2, 0.25) is 10.0 Å². The fraction of sp³-hybridized carbons (Fsp3) is 0.455. The fourth-order valence-corrected chi connectivity index (χ4v) is 2.30. The Morgan fingerprint density at radius 1 is 1.40 bits per heavy atom. The van der Waals surface area contributed by atoms with Crippen LogP contribution in [0.5, 0.6) is 0 Å². The molecule has 1 saturated heterocycles. The van der Waals surface area contributed by atoms with E-state index >= 15 is 0 Å². The van der Waals surface area contributed by atoms with Gasteiger partial charge in [-0.3, -0.25) is 0 Å². The average Bonchev–Trinajstić information content (AvgIpc) is 2.52. The van der Waals surface area contributed by atoms with Gasteiger partial charge in [0.25, 0.3) is 0 Å². The molecule has 1 heterocycles. The van der Waals surface area contributed by atoms with Crippen molar-refractivity contribution in [2.45, 2.75) is 25.0 Å². The molecule has 0 spiro atoms. The van der Waals surface area contributed by atoms with E-state index in [-0.39, 0.29) is 0 Å². The van der Waals surface area contributed by atoms with Gasteiger partial charge in [0.15, 0.2) is 0 Å². The zero-order chi connectivity index (χ0) is 11.1. The lowest BCUT2D eigenvalue weighted by molar-refractivity contribution is 0.0565. The molecule has 2 rings (SSSR count). The normalized spacial score (nSPS) is 30.8. The summed E-state index contributed by atoms with van der Waals surface area (Å²) in [5.74, 6) is 0. The molecule has 0 radical (unpaired) electrons. The maximum Gasteiger partial charge on any atom is 0.104 e. The van der Waals surface area contributed by atoms with Gasteiger partial charge < -0.3 is 10.4 Å². The summed E-state index contributed by atoms with van der Waals surface area (Å²) in [7, 11) is 0. The van der Waals surface area contributed by atoms with E-state index in [0.29, 0.717) is 29.1 Å². The van der Waals surface area contributed by atoms with Crippen molar-refractivity contribution in [3.8, 4) is 0 Å². The first-order valence-electron chi connectivity index (χ1n) is 4.92. The Labute approximate surface area is 99.2 Å². The Morgan fingerprint density at radius 3 is 2.67 bits per heavy atom. The Balaban J connectivity index is 2.33. The van der Waals surface area contributed by atoms with Gasteiger partial charge in [0.05, 0.1) is 10.0 Å². The zero-order valence-corrected chi connectivity index (χ0v) is 9.94. The first-order chi connectivity index (χ1) is 7.01. The van der Waals surface area contributed by atoms with E-state index in [9.17, 15) is 5.11 Å². The third-order valence-corrected chi connectivity index (χ3v) is 3.58. The molecule has 4 heteroatoms. The lowest BCUT2D eigenvalue weighted by atomic mass is 9.91. The molecule has 15 heavy (non-hydrogen) atoms. The maximum atomic E-state index is 10.4. The summed E-state index contributed by atoms with van der Waals surface area (Å²) < 4.78 is 0. The summed E-state index contributed by atoms with van der Waals surface area (Å²) in [6.45, 7) is 2.61. The topological polar surface area (TPSA) is 32.3 Å². The van der Waals surface area contributed by atoms with Crippen LogP contribution in [-0.2, 0) is 5.60 Å². The number of hydrogen-bond donors (Lipinski definition) is 2. The van der Waals surface area contributed by atoms with Crippen LogP contribution < -0.4 is 5.32 Å². The minimum atomic E-state index is -0.812. The van der Waals surface area contributed by atoms with Crippen molar-refractivity contribution in [1.82, 2.24) is 5.32 Å². The van der Waals surface area contributed by atoms with Crippen LogP contribution in [0.25, 0.3) is 0 Å². The second-order valence-electron chi connectivity index (χ2n) is 4.15. The molecule has 1 aromatic carbocycles. The molecule has 0 aromatic heterocycles. The van der Waals surface area contributed by atoms with E-state index in [4.69, 9.17) is 23.2 Å². The molecule has 1 aliphatic heterocycles. The highest BCUT2D eigenvalue weighted by Gasteiger charge is 2.36. The third kappa shape index (κ3) is 2.13. The Kier molecular flexibility index (Phi) is 2.95. The van der Waals surface area contributed by atoms with Gasteiger partial charge in [-0.2, -0.15) is 0 Å². The number of halogens is 2. The molecule has 0 bridgehead atoms. The van der Waals surface area contributed by atoms with Crippen molar-refractivity contribution < 1.29 is 5.11 Å². The SMILES string of the molecule is CC1CC(O)(c2ccc(Cl)c(Cl)c2)CN1. The second-order valence-corrected chi connectivity index (χ2v) is 4.96. The van der Waals surface area contributed by atoms with Gasteiger partial charge in [-0.15, -0.1) is 0 Å². The van der Waals surface area contributed by atoms with E-state index in [1.807, 2.05) is 6.07 Å². The smallest absolute Gasteiger partial charge is 0.104 e. The standard InChI is InChI=1S/C11H13Cl2NO/c1-7-5-11(15,6-14-7)8-2-3-9(12)10(13)4-8/h2-4,7,14-15H,5-6H2,1H3. The quantitative estimate of drug-likeness (QED) is 0.798. The van der Waals surface area contributed by atoms with Gasteiger partial charge in [0.1, 0.15) is 5.60 Å². The molecule has 0 saturated carbocycles. The lowest BCUT2D eigenvalue weighted by Gasteiger charge is -2.22. The molecule has 82 valence electrons. The fourth-order valence-electron chi connectivity index (χ4n) is 2.00. The number of benzene rings is 1. The van der Waals surface area contributed by atoms with E-state index in [1.54, 1.807) is 12.1 Å². The molecule has 1 aliphatic rings. The average molecular weight is 246 g/mol. The molecule has 0 amide bonds. The maximum absolute atomic E-state index is 10.4. The number of hydrogen-bond acceptors (Lipinski definition) is 2. The predicted octanol–water partition coefficient (Wildman–Crippen LogP) is 2.56. The van der Waals surface area contributed by atoms with Crippen molar-refractivity contribution in [3.63, 3.8) is 0 Å². The van der Waals surface area contributed by atoms with Gasteiger partial charge in [0.2, 0.25) is 0 Å². The highest BCUT2D eigenvalue weighted by Crippen LogP contribution is 2.33. The Bertz CT molecular complexity index is 383. The molecule has 1 aromatic rings. The van der Waals surface area contributed by atoms with Crippen LogP contribution >= 0.6 is 23.2 Å². The van der Waals surface area contributed by atoms with Gasteiger partial charge in [-0.25, -0.2) is 0 Å². The van der Waals surface area contributed by atoms with Crippen molar-refractivity contribution in [3.05, 3.63) is 33.8 Å². The largest absolute Gasteiger partial charge is 0.384 e. The molecule has 0 aliphatic carbocycles. The second kappa shape index (κ2) is 3.95. The first-order valence-corrected chi connectivity index (χ1v) is 5.68. The summed E-state index contributed by atoms with van der Waals surface area (Å²) in [6.07, 6.45) is 0.699. The van der Waals surface area contributed by atoms with Crippen LogP contribution in [0.1, 0.15) is 18.9 Å². The summed E-state index contributed by atoms with van der Waals surface area (Å²) >= 11 is 11.8. The monoisotopic (exact) mass is 245 g/mol. The highest BCUT2D eigenvalue weighted by molar-refractivity contribution is 6.42. The molecular formula is C11H13Cl2NO. The first kappa shape index (κ1) is 11.2. The van der Waals surface area contributed by atoms with Crippen LogP contribution in [-0.4, -0.2) is 17.7 Å². The van der Waals surface area contributed by atoms with Gasteiger partial charge in [-0.05, 0) is 31.0 Å². The summed E-state index contributed by atoms with van der Waals surface area (Å²) in [6, 6.07) is 5.61. The van der Waals surface area contributed by atoms with Gasteiger partial charge in [-0.1, -0.05) is 29.3 Å². The number of aliphatic hydroxyl groups is 1. The van der Waals surface area contributed by atoms with Crippen LogP contribution in [0.3, 0.4) is 0 Å². The third-order valence-electron chi connectivity index (χ3n) is 2.84. The summed E-state index contributed by atoms with van der Waals surface area (Å²) in [5, 5.41) is 14.6. The van der Waals surface area contributed by atoms with Crippen LogP contribution in [0, 0.1) is 0 Å². The van der Waals surface area contributed by atoms with Crippen molar-refractivity contribution in [1.29, 1.82) is 0 Å². The molecule has 1 fully saturated rings. The van der Waals surface area contributed by atoms with E-state index in [1.165, 1.54) is 0 Å². The van der Waals surface area contributed by atoms with Gasteiger partial charge >= 0.3 is 0 Å². The molecule has 2 atom stereocenters. The highest BCUT2D eigenvalue weighted by atomic mass is 35.5. The summed E-state index contributed by atoms with van der Waals surface area (Å²) in [4.78, 5) is 0. The van der Waals surface area contributed by atoms with Crippen molar-refractivity contribution in [2.24, 2.45) is 0 Å². The predicted molar refractivity (Wildman–Crippen MR) is 62.4 cm³/mol. The minimum Gasteiger partial charge on any atom is -0.384 e. The zero-order valence-electron chi connectivity index (χ0n) is 8.43. The Hall–Kier alpha value is -0.280. The lowest BCUT2D eigenvalue weighted by Crippen LogP contribution is -2.28. The van der Waals surface area contributed by atoms with Crippen molar-refractivity contribution >= 4 is 23.2 Å². The number of rotatable bonds is 1. The van der Waals surface area contributed by atoms with Crippen molar-refractivity contribution in [2.75, 3.05) is 6.54 Å². The van der Waals surface area contributed by atoms with E-state index in [2.05, 4.69) is 12.2 Å². The molecular weight excluding hydrogens is 233 g/mol. The number of β-amino-alcohol motifs (C(OH)–C–C–N with tert-alkyl or cyclic N) is 1. The van der Waals surface area contributed by atoms with E-state index in [0.717, 1.165) is 5.56 Å². The molecule has 2 unspecified atom stereocenters. The molecule has 2 N–H and O–H groups in total. The van der Waals surface area contributed by atoms with Gasteiger partial charge in [0, 0.05) is 12.6 Å². The van der Waals surface area contributed by atoms with Crippen LogP contribution in [0.15, 0.2) is 18.2 Å².